The second-order valence-electron chi connectivity index (χ2n) is 18.4. The first kappa shape index (κ1) is 43.2. The van der Waals surface area contributed by atoms with E-state index in [9.17, 15) is 19.5 Å². The van der Waals surface area contributed by atoms with Crippen molar-refractivity contribution >= 4 is 42.8 Å². The zero-order chi connectivity index (χ0) is 43.6. The lowest BCUT2D eigenvalue weighted by molar-refractivity contribution is -0.118. The highest BCUT2D eigenvalue weighted by Crippen LogP contribution is 2.45. The summed E-state index contributed by atoms with van der Waals surface area (Å²) in [6.45, 7) is 15.2. The van der Waals surface area contributed by atoms with Gasteiger partial charge in [-0.1, -0.05) is 69.3 Å². The average Bonchev–Trinajstić information content (AvgIpc) is 3.56. The molecule has 0 aliphatic carbocycles. The number of hydrogen-bond acceptors (Lipinski definition) is 10. The summed E-state index contributed by atoms with van der Waals surface area (Å²) in [7, 11) is -2.28. The van der Waals surface area contributed by atoms with E-state index in [0.29, 0.717) is 36.9 Å². The Hall–Kier alpha value is -5.41. The molecule has 13 nitrogen and oxygen atoms in total. The van der Waals surface area contributed by atoms with Crippen LogP contribution < -0.4 is 26.4 Å². The monoisotopic (exact) mass is 861 g/mol. The molecule has 5 heterocycles. The molecule has 3 fully saturated rings. The van der Waals surface area contributed by atoms with Gasteiger partial charge in [-0.15, -0.1) is 0 Å². The molecule has 2 atom stereocenters. The third kappa shape index (κ3) is 9.63. The second-order valence-corrected chi connectivity index (χ2v) is 23.2. The van der Waals surface area contributed by atoms with Crippen LogP contribution in [0.5, 0.6) is 11.5 Å². The van der Waals surface area contributed by atoms with Gasteiger partial charge in [-0.25, -0.2) is 9.59 Å². The van der Waals surface area contributed by atoms with Crippen molar-refractivity contribution in [2.75, 3.05) is 43.4 Å². The number of anilines is 2. The first-order valence-corrected chi connectivity index (χ1v) is 24.8. The number of nitrogens with one attached hydrogen (secondary N) is 3. The van der Waals surface area contributed by atoms with E-state index in [1.54, 1.807) is 16.7 Å². The highest BCUT2D eigenvalue weighted by Gasteiger charge is 2.41. The van der Waals surface area contributed by atoms with Gasteiger partial charge in [-0.05, 0) is 116 Å². The number of hydrogen-bond donors (Lipinski definition) is 4. The maximum absolute atomic E-state index is 13.3. The number of carbonyl (C=O) groups is 2. The highest BCUT2D eigenvalue weighted by atomic mass is 28.4. The van der Waals surface area contributed by atoms with E-state index in [1.165, 1.54) is 0 Å². The molecule has 4 aromatic carbocycles. The Morgan fingerprint density at radius 1 is 0.984 bits per heavy atom. The number of phenols is 1. The van der Waals surface area contributed by atoms with Gasteiger partial charge in [0, 0.05) is 37.3 Å². The number of aryl methyl sites for hydroxylation is 2. The van der Waals surface area contributed by atoms with Gasteiger partial charge in [0.25, 0.3) is 5.91 Å². The number of ether oxygens (including phenoxy) is 2. The first-order valence-electron chi connectivity index (χ1n) is 21.9. The van der Waals surface area contributed by atoms with Crippen molar-refractivity contribution in [1.82, 2.24) is 14.8 Å². The number of aromatic nitrogens is 1. The predicted octanol–water partition coefficient (Wildman–Crippen LogP) is 8.82. The topological polar surface area (TPSA) is 157 Å². The van der Waals surface area contributed by atoms with Gasteiger partial charge in [0.15, 0.2) is 26.3 Å². The molecule has 2 amide bonds. The molecule has 4 aliphatic rings. The van der Waals surface area contributed by atoms with Crippen molar-refractivity contribution in [3.05, 3.63) is 106 Å². The summed E-state index contributed by atoms with van der Waals surface area (Å²) in [6, 6.07) is 25.4. The molecule has 62 heavy (non-hydrogen) atoms. The molecule has 328 valence electrons. The van der Waals surface area contributed by atoms with Crippen LogP contribution in [0.4, 0.5) is 16.2 Å². The van der Waals surface area contributed by atoms with E-state index in [1.807, 2.05) is 54.6 Å². The predicted molar refractivity (Wildman–Crippen MR) is 243 cm³/mol. The normalized spacial score (nSPS) is 19.1. The summed E-state index contributed by atoms with van der Waals surface area (Å²) in [5, 5.41) is 19.8. The Labute approximate surface area is 363 Å². The summed E-state index contributed by atoms with van der Waals surface area (Å²) in [4.78, 5) is 40.8. The van der Waals surface area contributed by atoms with Gasteiger partial charge in [0.2, 0.25) is 0 Å². The van der Waals surface area contributed by atoms with Crippen molar-refractivity contribution in [3.63, 3.8) is 0 Å². The number of fused-ring (bicyclic) bond motifs is 5. The maximum atomic E-state index is 13.3. The molecule has 9 rings (SSSR count). The minimum Gasteiger partial charge on any atom is -0.506 e. The Morgan fingerprint density at radius 3 is 2.50 bits per heavy atom. The number of piperidine rings is 3. The van der Waals surface area contributed by atoms with Gasteiger partial charge >= 0.3 is 11.8 Å². The van der Waals surface area contributed by atoms with Crippen molar-refractivity contribution in [2.45, 2.75) is 96.3 Å². The summed E-state index contributed by atoms with van der Waals surface area (Å²) < 4.78 is 26.2. The summed E-state index contributed by atoms with van der Waals surface area (Å²) in [5.74, 6) is 0.0621. The molecule has 0 spiro atoms. The third-order valence-electron chi connectivity index (χ3n) is 13.1. The van der Waals surface area contributed by atoms with Gasteiger partial charge in [0.05, 0.1) is 17.3 Å². The summed E-state index contributed by atoms with van der Waals surface area (Å²) >= 11 is 0. The summed E-state index contributed by atoms with van der Waals surface area (Å²) in [6.07, 6.45) is 3.58. The largest absolute Gasteiger partial charge is 0.506 e. The number of rotatable bonds is 15. The standard InChI is InChI=1S/C48H59N5O8Si/c1-48(2,3)62(4,5)61-41(36-17-19-39(54)44-45(36)58-30-43(55)51-44)28-49-27-32-15-18-38-40(26-32)60-47(57)53(38)22-10-9-11-31-14-16-35(33-12-7-6-8-13-33)37(25-31)50-46(56)59-42-29-52-23-20-34(42)21-24-52/h6-8,12-19,25-26,34,41-42,49,54H,9-11,20-24,27-30H2,1-5H3,(H,50,56)(H,51,55)/t41-,42-/m0/s1. The fraction of sp³-hybridized carbons (Fsp3) is 0.438. The number of benzene rings is 4. The van der Waals surface area contributed by atoms with Crippen LogP contribution in [0.15, 0.2) is 88.1 Å². The molecular formula is C48H59N5O8Si. The molecule has 4 N–H and O–H groups in total. The lowest BCUT2D eigenvalue weighted by atomic mass is 9.86. The number of carbonyl (C=O) groups excluding carboxylic acids is 2. The van der Waals surface area contributed by atoms with E-state index in [4.69, 9.17) is 18.3 Å². The van der Waals surface area contributed by atoms with Gasteiger partial charge in [0.1, 0.15) is 17.5 Å². The highest BCUT2D eigenvalue weighted by molar-refractivity contribution is 6.74. The lowest BCUT2D eigenvalue weighted by Crippen LogP contribution is -2.52. The molecule has 14 heteroatoms. The average molecular weight is 862 g/mol. The Kier molecular flexibility index (Phi) is 12.6. The van der Waals surface area contributed by atoms with Crippen LogP contribution in [0, 0.1) is 5.92 Å². The quantitative estimate of drug-likeness (QED) is 0.0456. The molecule has 1 aromatic heterocycles. The summed E-state index contributed by atoms with van der Waals surface area (Å²) in [5.41, 5.74) is 6.98. The Balaban J connectivity index is 0.898. The minimum atomic E-state index is -2.28. The van der Waals surface area contributed by atoms with Crippen LogP contribution in [0.1, 0.15) is 69.2 Å². The first-order chi connectivity index (χ1) is 29.7. The van der Waals surface area contributed by atoms with Crippen molar-refractivity contribution in [2.24, 2.45) is 5.92 Å². The van der Waals surface area contributed by atoms with E-state index in [-0.39, 0.29) is 35.1 Å². The zero-order valence-corrected chi connectivity index (χ0v) is 37.4. The number of unbranched alkanes of at least 4 members (excludes halogenated alkanes) is 1. The van der Waals surface area contributed by atoms with E-state index >= 15 is 0 Å². The number of oxazole rings is 1. The SMILES string of the molecule is CC(C)(C)[Si](C)(C)O[C@@H](CNCc1ccc2c(c1)oc(=O)n2CCCCc1ccc(-c2ccccc2)c(NC(=O)O[C@H]2CN3CCC2CC3)c1)c1ccc(O)c2c1OCC(=O)N2. The van der Waals surface area contributed by atoms with Gasteiger partial charge in [-0.2, -0.15) is 0 Å². The van der Waals surface area contributed by atoms with Crippen LogP contribution in [-0.2, 0) is 33.5 Å². The number of phenolic OH excluding ortho intramolecular Hbond substituents is 1. The fourth-order valence-electron chi connectivity index (χ4n) is 8.60. The maximum Gasteiger partial charge on any atom is 0.419 e. The van der Waals surface area contributed by atoms with Crippen molar-refractivity contribution < 1.29 is 33.0 Å². The lowest BCUT2D eigenvalue weighted by Gasteiger charge is -2.43. The molecule has 4 aliphatic heterocycles. The number of amides is 2. The van der Waals surface area contributed by atoms with Crippen LogP contribution in [0.2, 0.25) is 18.1 Å². The second kappa shape index (κ2) is 18.1. The Morgan fingerprint density at radius 2 is 1.76 bits per heavy atom. The minimum absolute atomic E-state index is 0.0624. The van der Waals surface area contributed by atoms with E-state index in [2.05, 4.69) is 66.8 Å². The van der Waals surface area contributed by atoms with Crippen LogP contribution in [0.3, 0.4) is 0 Å². The van der Waals surface area contributed by atoms with Crippen LogP contribution >= 0.6 is 0 Å². The molecule has 3 saturated heterocycles. The van der Waals surface area contributed by atoms with Crippen molar-refractivity contribution in [3.8, 4) is 22.6 Å². The Bertz CT molecular complexity index is 2470. The van der Waals surface area contributed by atoms with E-state index in [0.717, 1.165) is 90.8 Å². The van der Waals surface area contributed by atoms with E-state index < -0.39 is 26.3 Å². The van der Waals surface area contributed by atoms with Crippen molar-refractivity contribution in [1.29, 1.82) is 0 Å². The molecule has 0 unspecified atom stereocenters. The third-order valence-corrected chi connectivity index (χ3v) is 17.6. The molecule has 0 saturated carbocycles. The van der Waals surface area contributed by atoms with Crippen LogP contribution in [0.25, 0.3) is 22.2 Å². The van der Waals surface area contributed by atoms with Crippen LogP contribution in [-0.4, -0.2) is 73.8 Å². The number of aromatic hydroxyl groups is 1. The smallest absolute Gasteiger partial charge is 0.419 e. The van der Waals surface area contributed by atoms with Gasteiger partial charge in [-0.3, -0.25) is 19.6 Å². The molecular weight excluding hydrogens is 803 g/mol. The van der Waals surface area contributed by atoms with Gasteiger partial charge < -0.3 is 34.1 Å². The molecule has 2 bridgehead atoms. The zero-order valence-electron chi connectivity index (χ0n) is 36.4. The fourth-order valence-corrected chi connectivity index (χ4v) is 9.87. The molecule has 0 radical (unpaired) electrons. The molecule has 5 aromatic rings. The number of nitrogens with zero attached hydrogens (tertiary/aromatic N) is 2.